The van der Waals surface area contributed by atoms with Gasteiger partial charge in [-0.3, -0.25) is 4.90 Å². The van der Waals surface area contributed by atoms with E-state index in [1.165, 1.54) is 6.26 Å². The van der Waals surface area contributed by atoms with E-state index in [1.807, 2.05) is 0 Å². The lowest BCUT2D eigenvalue weighted by Gasteiger charge is -2.32. The molecule has 0 aromatic rings. The Bertz CT molecular complexity index is 358. The highest BCUT2D eigenvalue weighted by Gasteiger charge is 2.30. The molecule has 0 spiro atoms. The molecule has 2 atom stereocenters. The average molecular weight is 262 g/mol. The van der Waals surface area contributed by atoms with E-state index in [2.05, 4.69) is 11.8 Å². The van der Waals surface area contributed by atoms with Crippen LogP contribution in [-0.4, -0.2) is 69.3 Å². The summed E-state index contributed by atoms with van der Waals surface area (Å²) in [6, 6.07) is 0. The number of morpholine rings is 1. The number of ether oxygens (including phenoxy) is 1. The van der Waals surface area contributed by atoms with Gasteiger partial charge in [0.1, 0.15) is 0 Å². The van der Waals surface area contributed by atoms with Crippen LogP contribution in [0.2, 0.25) is 0 Å². The van der Waals surface area contributed by atoms with E-state index in [1.54, 1.807) is 4.31 Å². The average Bonchev–Trinajstić information content (AvgIpc) is 2.65. The molecule has 2 aliphatic heterocycles. The lowest BCUT2D eigenvalue weighted by atomic mass is 10.1. The zero-order valence-corrected chi connectivity index (χ0v) is 11.4. The van der Waals surface area contributed by atoms with Crippen LogP contribution >= 0.6 is 0 Å². The summed E-state index contributed by atoms with van der Waals surface area (Å²) in [7, 11) is -3.00. The summed E-state index contributed by atoms with van der Waals surface area (Å²) in [4.78, 5) is 2.39. The molecule has 0 aliphatic carbocycles. The first-order chi connectivity index (χ1) is 7.95. The maximum absolute atomic E-state index is 11.4. The van der Waals surface area contributed by atoms with Crippen molar-refractivity contribution in [3.05, 3.63) is 0 Å². The Morgan fingerprint density at radius 2 is 2.06 bits per heavy atom. The SMILES string of the molecule is C[C@H]1CN(C[C@H]2CCN(S(C)(=O)=O)C2)CCO1. The van der Waals surface area contributed by atoms with E-state index >= 15 is 0 Å². The fourth-order valence-electron chi connectivity index (χ4n) is 2.67. The molecule has 5 nitrogen and oxygen atoms in total. The first kappa shape index (κ1) is 13.3. The van der Waals surface area contributed by atoms with E-state index in [4.69, 9.17) is 4.74 Å². The van der Waals surface area contributed by atoms with Gasteiger partial charge < -0.3 is 4.74 Å². The summed E-state index contributed by atoms with van der Waals surface area (Å²) < 4.78 is 29.9. The Labute approximate surface area is 104 Å². The maximum atomic E-state index is 11.4. The molecule has 6 heteroatoms. The van der Waals surface area contributed by atoms with Crippen molar-refractivity contribution in [1.82, 2.24) is 9.21 Å². The molecule has 0 N–H and O–H groups in total. The van der Waals surface area contributed by atoms with Crippen molar-refractivity contribution in [1.29, 1.82) is 0 Å². The van der Waals surface area contributed by atoms with Gasteiger partial charge in [-0.15, -0.1) is 0 Å². The van der Waals surface area contributed by atoms with Crippen LogP contribution in [0.4, 0.5) is 0 Å². The van der Waals surface area contributed by atoms with Crippen LogP contribution in [-0.2, 0) is 14.8 Å². The third kappa shape index (κ3) is 3.64. The fourth-order valence-corrected chi connectivity index (χ4v) is 3.59. The lowest BCUT2D eigenvalue weighted by molar-refractivity contribution is -0.0224. The number of hydrogen-bond donors (Lipinski definition) is 0. The number of hydrogen-bond acceptors (Lipinski definition) is 4. The van der Waals surface area contributed by atoms with Crippen LogP contribution in [0.25, 0.3) is 0 Å². The Balaban J connectivity index is 1.81. The Morgan fingerprint density at radius 3 is 2.65 bits per heavy atom. The summed E-state index contributed by atoms with van der Waals surface area (Å²) in [5.41, 5.74) is 0. The van der Waals surface area contributed by atoms with Gasteiger partial charge in [-0.05, 0) is 19.3 Å². The Kier molecular flexibility index (Phi) is 4.07. The molecule has 0 bridgehead atoms. The highest BCUT2D eigenvalue weighted by Crippen LogP contribution is 2.20. The largest absolute Gasteiger partial charge is 0.376 e. The second-order valence-electron chi connectivity index (χ2n) is 5.22. The normalized spacial score (nSPS) is 33.1. The van der Waals surface area contributed by atoms with Crippen molar-refractivity contribution in [3.63, 3.8) is 0 Å². The first-order valence-corrected chi connectivity index (χ1v) is 8.09. The molecule has 0 radical (unpaired) electrons. The summed E-state index contributed by atoms with van der Waals surface area (Å²) in [5, 5.41) is 0. The van der Waals surface area contributed by atoms with Crippen LogP contribution in [0.15, 0.2) is 0 Å². The molecule has 2 heterocycles. The molecule has 0 amide bonds. The van der Waals surface area contributed by atoms with E-state index < -0.39 is 10.0 Å². The smallest absolute Gasteiger partial charge is 0.211 e. The Morgan fingerprint density at radius 1 is 1.29 bits per heavy atom. The minimum Gasteiger partial charge on any atom is -0.376 e. The first-order valence-electron chi connectivity index (χ1n) is 6.24. The van der Waals surface area contributed by atoms with Gasteiger partial charge in [0.05, 0.1) is 19.0 Å². The van der Waals surface area contributed by atoms with Gasteiger partial charge in [0.15, 0.2) is 0 Å². The van der Waals surface area contributed by atoms with Crippen molar-refractivity contribution in [2.75, 3.05) is 45.6 Å². The predicted molar refractivity (Wildman–Crippen MR) is 66.4 cm³/mol. The topological polar surface area (TPSA) is 49.9 Å². The molecular weight excluding hydrogens is 240 g/mol. The van der Waals surface area contributed by atoms with Crippen molar-refractivity contribution in [2.45, 2.75) is 19.4 Å². The minimum absolute atomic E-state index is 0.302. The molecule has 2 aliphatic rings. The molecule has 2 fully saturated rings. The second-order valence-corrected chi connectivity index (χ2v) is 7.20. The van der Waals surface area contributed by atoms with Gasteiger partial charge in [-0.25, -0.2) is 12.7 Å². The Hall–Kier alpha value is -0.170. The highest BCUT2D eigenvalue weighted by atomic mass is 32.2. The van der Waals surface area contributed by atoms with Crippen molar-refractivity contribution in [3.8, 4) is 0 Å². The summed E-state index contributed by atoms with van der Waals surface area (Å²) in [5.74, 6) is 0.482. The third-order valence-corrected chi connectivity index (χ3v) is 4.83. The molecule has 0 aromatic carbocycles. The fraction of sp³-hybridized carbons (Fsp3) is 1.00. The number of rotatable bonds is 3. The van der Waals surface area contributed by atoms with Crippen LogP contribution in [0.5, 0.6) is 0 Å². The zero-order chi connectivity index (χ0) is 12.5. The van der Waals surface area contributed by atoms with E-state index in [9.17, 15) is 8.42 Å². The maximum Gasteiger partial charge on any atom is 0.211 e. The predicted octanol–water partition coefficient (Wildman–Crippen LogP) is -0.0114. The van der Waals surface area contributed by atoms with Crippen molar-refractivity contribution in [2.24, 2.45) is 5.92 Å². The summed E-state index contributed by atoms with van der Waals surface area (Å²) in [6.45, 7) is 7.19. The quantitative estimate of drug-likeness (QED) is 0.718. The number of sulfonamides is 1. The zero-order valence-electron chi connectivity index (χ0n) is 10.6. The van der Waals surface area contributed by atoms with Crippen LogP contribution in [0, 0.1) is 5.92 Å². The van der Waals surface area contributed by atoms with E-state index in [-0.39, 0.29) is 0 Å². The molecule has 0 unspecified atom stereocenters. The van der Waals surface area contributed by atoms with Crippen molar-refractivity contribution >= 4 is 10.0 Å². The van der Waals surface area contributed by atoms with Gasteiger partial charge in [-0.1, -0.05) is 0 Å². The monoisotopic (exact) mass is 262 g/mol. The number of nitrogens with zero attached hydrogens (tertiary/aromatic N) is 2. The van der Waals surface area contributed by atoms with Gasteiger partial charge in [0, 0.05) is 32.7 Å². The molecule has 2 saturated heterocycles. The van der Waals surface area contributed by atoms with E-state index in [0.29, 0.717) is 25.1 Å². The lowest BCUT2D eigenvalue weighted by Crippen LogP contribution is -2.43. The molecule has 17 heavy (non-hydrogen) atoms. The summed E-state index contributed by atoms with van der Waals surface area (Å²) in [6.07, 6.45) is 2.58. The highest BCUT2D eigenvalue weighted by molar-refractivity contribution is 7.88. The molecule has 100 valence electrons. The second kappa shape index (κ2) is 5.22. The molecule has 2 rings (SSSR count). The van der Waals surface area contributed by atoms with Gasteiger partial charge >= 0.3 is 0 Å². The van der Waals surface area contributed by atoms with Crippen LogP contribution < -0.4 is 0 Å². The van der Waals surface area contributed by atoms with Crippen LogP contribution in [0.3, 0.4) is 0 Å². The molecule has 0 aromatic heterocycles. The van der Waals surface area contributed by atoms with Crippen LogP contribution in [0.1, 0.15) is 13.3 Å². The minimum atomic E-state index is -3.00. The molecule has 0 saturated carbocycles. The van der Waals surface area contributed by atoms with Gasteiger partial charge in [0.25, 0.3) is 0 Å². The van der Waals surface area contributed by atoms with Gasteiger partial charge in [-0.2, -0.15) is 0 Å². The third-order valence-electron chi connectivity index (χ3n) is 3.56. The standard InChI is InChI=1S/C11H22N2O3S/c1-10-7-12(5-6-16-10)8-11-3-4-13(9-11)17(2,14)15/h10-11H,3-9H2,1-2H3/t10-,11+/m0/s1. The van der Waals surface area contributed by atoms with Crippen molar-refractivity contribution < 1.29 is 13.2 Å². The molecular formula is C11H22N2O3S. The van der Waals surface area contributed by atoms with E-state index in [0.717, 1.165) is 32.7 Å². The van der Waals surface area contributed by atoms with Gasteiger partial charge in [0.2, 0.25) is 10.0 Å². The summed E-state index contributed by atoms with van der Waals surface area (Å²) >= 11 is 0.